The summed E-state index contributed by atoms with van der Waals surface area (Å²) in [6.45, 7) is 10.4. The van der Waals surface area contributed by atoms with Crippen LogP contribution < -0.4 is 10.1 Å². The molecule has 1 fully saturated rings. The molecule has 9 heteroatoms. The number of likely N-dealkylation sites (tertiary alicyclic amines) is 1. The number of aryl methyl sites for hydroxylation is 1. The SMILES string of the molecule is COC(=O)c1ccc([C@@H]2CCCCN2Cc2c(OC)cc(C)c3c2ccn3C(=O)OC(C)(C)C)c(NC(C)=O)c1. The average Bonchev–Trinajstić information content (AvgIpc) is 3.35. The zero-order valence-electron chi connectivity index (χ0n) is 24.4. The molecule has 1 atom stereocenters. The normalized spacial score (nSPS) is 16.0. The maximum Gasteiger partial charge on any atom is 0.419 e. The molecule has 3 aromatic rings. The Kier molecular flexibility index (Phi) is 8.54. The summed E-state index contributed by atoms with van der Waals surface area (Å²) in [7, 11) is 2.99. The van der Waals surface area contributed by atoms with Crippen LogP contribution in [0.1, 0.15) is 80.0 Å². The van der Waals surface area contributed by atoms with Crippen LogP contribution in [-0.2, 0) is 20.8 Å². The Hall–Kier alpha value is -3.85. The molecule has 1 aromatic heterocycles. The van der Waals surface area contributed by atoms with Crippen LogP contribution in [0.4, 0.5) is 10.5 Å². The van der Waals surface area contributed by atoms with E-state index < -0.39 is 17.7 Å². The van der Waals surface area contributed by atoms with Crippen molar-refractivity contribution in [2.45, 2.75) is 72.1 Å². The molecule has 0 radical (unpaired) electrons. The van der Waals surface area contributed by atoms with Gasteiger partial charge in [-0.2, -0.15) is 0 Å². The number of amides is 1. The van der Waals surface area contributed by atoms with Gasteiger partial charge in [0.05, 0.1) is 25.3 Å². The highest BCUT2D eigenvalue weighted by Crippen LogP contribution is 2.40. The van der Waals surface area contributed by atoms with Gasteiger partial charge in [-0.05, 0) is 82.5 Å². The van der Waals surface area contributed by atoms with Crippen LogP contribution in [0.15, 0.2) is 36.5 Å². The molecule has 9 nitrogen and oxygen atoms in total. The van der Waals surface area contributed by atoms with E-state index in [-0.39, 0.29) is 11.9 Å². The molecule has 1 amide bonds. The minimum atomic E-state index is -0.618. The van der Waals surface area contributed by atoms with Crippen molar-refractivity contribution in [2.75, 3.05) is 26.1 Å². The van der Waals surface area contributed by atoms with Gasteiger partial charge >= 0.3 is 12.1 Å². The van der Waals surface area contributed by atoms with Crippen LogP contribution in [0, 0.1) is 6.92 Å². The Morgan fingerprint density at radius 1 is 1.07 bits per heavy atom. The van der Waals surface area contributed by atoms with Crippen molar-refractivity contribution in [2.24, 2.45) is 0 Å². The monoisotopic (exact) mass is 549 g/mol. The first kappa shape index (κ1) is 29.1. The topological polar surface area (TPSA) is 99.1 Å². The number of anilines is 1. The molecular weight excluding hydrogens is 510 g/mol. The standard InChI is InChI=1S/C31H39N3O6/c1-19-16-27(38-6)24(22-13-15-34(28(19)22)30(37)40-31(3,4)5)18-33-14-9-8-10-26(33)23-12-11-21(29(36)39-7)17-25(23)32-20(2)35/h11-13,15-17,26H,8-10,14,18H2,1-7H3,(H,32,35)/t26-/m0/s1. The van der Waals surface area contributed by atoms with Crippen LogP contribution in [-0.4, -0.2) is 53.8 Å². The van der Waals surface area contributed by atoms with E-state index in [1.54, 1.807) is 30.0 Å². The van der Waals surface area contributed by atoms with E-state index >= 15 is 0 Å². The fraction of sp³-hybridized carbons (Fsp3) is 0.452. The number of esters is 1. The number of ether oxygens (including phenoxy) is 3. The molecule has 0 aliphatic carbocycles. The Labute approximate surface area is 235 Å². The molecule has 1 aliphatic rings. The smallest absolute Gasteiger partial charge is 0.419 e. The Morgan fingerprint density at radius 2 is 1.82 bits per heavy atom. The van der Waals surface area contributed by atoms with Gasteiger partial charge in [0.2, 0.25) is 5.91 Å². The fourth-order valence-electron chi connectivity index (χ4n) is 5.50. The average molecular weight is 550 g/mol. The predicted octanol–water partition coefficient (Wildman–Crippen LogP) is 6.21. The zero-order valence-corrected chi connectivity index (χ0v) is 24.4. The summed E-state index contributed by atoms with van der Waals surface area (Å²) in [6.07, 6.45) is 4.28. The third-order valence-corrected chi connectivity index (χ3v) is 7.16. The number of rotatable bonds is 6. The Morgan fingerprint density at radius 3 is 2.48 bits per heavy atom. The maximum atomic E-state index is 13.0. The van der Waals surface area contributed by atoms with Crippen molar-refractivity contribution in [3.8, 4) is 5.75 Å². The minimum absolute atomic E-state index is 0.00343. The maximum absolute atomic E-state index is 13.0. The third-order valence-electron chi connectivity index (χ3n) is 7.16. The summed E-state index contributed by atoms with van der Waals surface area (Å²) in [4.78, 5) is 39.7. The van der Waals surface area contributed by atoms with Crippen molar-refractivity contribution in [1.82, 2.24) is 9.47 Å². The number of carbonyl (C=O) groups is 3. The molecule has 1 aliphatic heterocycles. The van der Waals surface area contributed by atoms with Crippen LogP contribution in [0.2, 0.25) is 0 Å². The summed E-state index contributed by atoms with van der Waals surface area (Å²) in [6, 6.07) is 9.23. The highest BCUT2D eigenvalue weighted by molar-refractivity contribution is 5.96. The number of carbonyl (C=O) groups excluding carboxylic acids is 3. The van der Waals surface area contributed by atoms with E-state index in [2.05, 4.69) is 10.2 Å². The van der Waals surface area contributed by atoms with Gasteiger partial charge in [0.15, 0.2) is 0 Å². The summed E-state index contributed by atoms with van der Waals surface area (Å²) < 4.78 is 18.0. The number of nitrogens with one attached hydrogen (secondary N) is 1. The molecule has 0 bridgehead atoms. The molecule has 0 spiro atoms. The van der Waals surface area contributed by atoms with Crippen LogP contribution in [0.5, 0.6) is 5.75 Å². The van der Waals surface area contributed by atoms with E-state index in [0.29, 0.717) is 17.8 Å². The second-order valence-corrected chi connectivity index (χ2v) is 11.3. The van der Waals surface area contributed by atoms with Gasteiger partial charge in [0, 0.05) is 42.3 Å². The van der Waals surface area contributed by atoms with E-state index in [9.17, 15) is 14.4 Å². The number of piperidine rings is 1. The summed E-state index contributed by atoms with van der Waals surface area (Å²) >= 11 is 0. The van der Waals surface area contributed by atoms with E-state index in [1.807, 2.05) is 45.9 Å². The van der Waals surface area contributed by atoms with Crippen molar-refractivity contribution in [1.29, 1.82) is 0 Å². The molecule has 2 heterocycles. The number of benzene rings is 2. The third kappa shape index (κ3) is 6.14. The Bertz CT molecular complexity index is 1440. The van der Waals surface area contributed by atoms with Gasteiger partial charge in [-0.3, -0.25) is 14.3 Å². The number of fused-ring (bicyclic) bond motifs is 1. The number of hydrogen-bond donors (Lipinski definition) is 1. The lowest BCUT2D eigenvalue weighted by Crippen LogP contribution is -2.33. The first-order chi connectivity index (χ1) is 18.9. The quantitative estimate of drug-likeness (QED) is 0.365. The van der Waals surface area contributed by atoms with Crippen molar-refractivity contribution < 1.29 is 28.6 Å². The van der Waals surface area contributed by atoms with Gasteiger partial charge in [-0.15, -0.1) is 0 Å². The van der Waals surface area contributed by atoms with E-state index in [0.717, 1.165) is 59.2 Å². The van der Waals surface area contributed by atoms with E-state index in [1.165, 1.54) is 14.0 Å². The second kappa shape index (κ2) is 11.7. The lowest BCUT2D eigenvalue weighted by molar-refractivity contribution is -0.114. The minimum Gasteiger partial charge on any atom is -0.496 e. The highest BCUT2D eigenvalue weighted by Gasteiger charge is 2.29. The molecule has 4 rings (SSSR count). The molecule has 1 N–H and O–H groups in total. The number of methoxy groups -OCH3 is 2. The highest BCUT2D eigenvalue weighted by atomic mass is 16.6. The van der Waals surface area contributed by atoms with Crippen molar-refractivity contribution in [3.05, 3.63) is 58.8 Å². The van der Waals surface area contributed by atoms with Gasteiger partial charge in [-0.1, -0.05) is 12.5 Å². The molecule has 1 saturated heterocycles. The lowest BCUT2D eigenvalue weighted by Gasteiger charge is -2.37. The number of aromatic nitrogens is 1. The number of nitrogens with zero attached hydrogens (tertiary/aromatic N) is 2. The first-order valence-electron chi connectivity index (χ1n) is 13.6. The molecular formula is C31H39N3O6. The summed E-state index contributed by atoms with van der Waals surface area (Å²) in [5.41, 5.74) is 3.98. The van der Waals surface area contributed by atoms with Gasteiger partial charge in [0.25, 0.3) is 0 Å². The van der Waals surface area contributed by atoms with Crippen LogP contribution >= 0.6 is 0 Å². The van der Waals surface area contributed by atoms with Gasteiger partial charge in [0.1, 0.15) is 11.4 Å². The van der Waals surface area contributed by atoms with Crippen LogP contribution in [0.3, 0.4) is 0 Å². The van der Waals surface area contributed by atoms with Gasteiger partial charge < -0.3 is 19.5 Å². The second-order valence-electron chi connectivity index (χ2n) is 11.3. The molecule has 0 saturated carbocycles. The fourth-order valence-corrected chi connectivity index (χ4v) is 5.50. The molecule has 214 valence electrons. The molecule has 2 aromatic carbocycles. The summed E-state index contributed by atoms with van der Waals surface area (Å²) in [5, 5.41) is 3.84. The van der Waals surface area contributed by atoms with Crippen molar-refractivity contribution >= 4 is 34.6 Å². The van der Waals surface area contributed by atoms with Gasteiger partial charge in [-0.25, -0.2) is 9.59 Å². The summed E-state index contributed by atoms with van der Waals surface area (Å²) in [5.74, 6) is 0.0790. The first-order valence-corrected chi connectivity index (χ1v) is 13.6. The lowest BCUT2D eigenvalue weighted by atomic mass is 9.92. The largest absolute Gasteiger partial charge is 0.496 e. The molecule has 0 unspecified atom stereocenters. The van der Waals surface area contributed by atoms with Crippen molar-refractivity contribution in [3.63, 3.8) is 0 Å². The predicted molar refractivity (Wildman–Crippen MR) is 154 cm³/mol. The Balaban J connectivity index is 1.77. The number of hydrogen-bond acceptors (Lipinski definition) is 7. The zero-order chi connectivity index (χ0) is 29.2. The molecule has 40 heavy (non-hydrogen) atoms. The van der Waals surface area contributed by atoms with E-state index in [4.69, 9.17) is 14.2 Å². The van der Waals surface area contributed by atoms with Crippen LogP contribution in [0.25, 0.3) is 10.9 Å².